The Morgan fingerprint density at radius 2 is 1.82 bits per heavy atom. The van der Waals surface area contributed by atoms with Gasteiger partial charge in [-0.1, -0.05) is 36.4 Å². The summed E-state index contributed by atoms with van der Waals surface area (Å²) in [5.41, 5.74) is 3.18. The maximum atomic E-state index is 13.2. The highest BCUT2D eigenvalue weighted by atomic mass is 32.2. The lowest BCUT2D eigenvalue weighted by Gasteiger charge is -2.28. The maximum Gasteiger partial charge on any atom is 0.242 e. The quantitative estimate of drug-likeness (QED) is 0.692. The van der Waals surface area contributed by atoms with E-state index in [0.717, 1.165) is 11.3 Å². The summed E-state index contributed by atoms with van der Waals surface area (Å²) in [7, 11) is 0. The van der Waals surface area contributed by atoms with E-state index in [0.29, 0.717) is 6.54 Å². The van der Waals surface area contributed by atoms with Gasteiger partial charge in [0.1, 0.15) is 11.9 Å². The van der Waals surface area contributed by atoms with Crippen molar-refractivity contribution in [3.05, 3.63) is 71.0 Å². The molecular formula is C22H27FN2O2S. The second-order valence-corrected chi connectivity index (χ2v) is 7.62. The van der Waals surface area contributed by atoms with Crippen LogP contribution in [0, 0.1) is 12.7 Å². The lowest BCUT2D eigenvalue weighted by Crippen LogP contribution is -2.48. The molecule has 0 aliphatic carbocycles. The molecular weight excluding hydrogens is 375 g/mol. The van der Waals surface area contributed by atoms with Gasteiger partial charge in [-0.05, 0) is 49.6 Å². The Morgan fingerprint density at radius 1 is 1.14 bits per heavy atom. The average Bonchev–Trinajstić information content (AvgIpc) is 2.68. The van der Waals surface area contributed by atoms with E-state index in [4.69, 9.17) is 0 Å². The van der Waals surface area contributed by atoms with Crippen molar-refractivity contribution in [3.63, 3.8) is 0 Å². The third kappa shape index (κ3) is 6.37. The summed E-state index contributed by atoms with van der Waals surface area (Å²) in [4.78, 5) is 26.8. The van der Waals surface area contributed by atoms with Crippen LogP contribution in [0.3, 0.4) is 0 Å². The summed E-state index contributed by atoms with van der Waals surface area (Å²) >= 11 is 1.53. The topological polar surface area (TPSA) is 49.4 Å². The summed E-state index contributed by atoms with van der Waals surface area (Å²) in [6.45, 7) is 6.38. The molecule has 4 nitrogen and oxygen atoms in total. The van der Waals surface area contributed by atoms with Crippen LogP contribution in [0.25, 0.3) is 0 Å². The Bertz CT molecular complexity index is 795. The maximum absolute atomic E-state index is 13.2. The molecule has 1 unspecified atom stereocenters. The first kappa shape index (κ1) is 22.0. The van der Waals surface area contributed by atoms with Crippen LogP contribution in [-0.2, 0) is 21.9 Å². The van der Waals surface area contributed by atoms with Gasteiger partial charge < -0.3 is 10.2 Å². The molecule has 6 heteroatoms. The molecule has 2 amide bonds. The molecule has 0 saturated heterocycles. The first-order chi connectivity index (χ1) is 13.4. The lowest BCUT2D eigenvalue weighted by molar-refractivity contribution is -0.138. The number of halogens is 1. The number of nitrogens with one attached hydrogen (secondary N) is 1. The number of rotatable bonds is 9. The van der Waals surface area contributed by atoms with Gasteiger partial charge in [0.25, 0.3) is 0 Å². The van der Waals surface area contributed by atoms with E-state index in [-0.39, 0.29) is 29.9 Å². The highest BCUT2D eigenvalue weighted by molar-refractivity contribution is 7.99. The lowest BCUT2D eigenvalue weighted by atomic mass is 10.1. The van der Waals surface area contributed by atoms with Gasteiger partial charge in [0.15, 0.2) is 0 Å². The number of nitrogens with zero attached hydrogens (tertiary/aromatic N) is 1. The molecule has 0 heterocycles. The van der Waals surface area contributed by atoms with E-state index in [9.17, 15) is 14.0 Å². The SMILES string of the molecule is CCNC(=O)C(C)N(Cc1ccc(F)cc1)C(=O)CSCc1ccccc1C. The van der Waals surface area contributed by atoms with Gasteiger partial charge in [0, 0.05) is 18.8 Å². The molecule has 0 bridgehead atoms. The van der Waals surface area contributed by atoms with E-state index in [1.807, 2.05) is 19.1 Å². The van der Waals surface area contributed by atoms with E-state index in [1.54, 1.807) is 24.0 Å². The van der Waals surface area contributed by atoms with Crippen LogP contribution in [0.15, 0.2) is 48.5 Å². The van der Waals surface area contributed by atoms with Crippen LogP contribution in [0.5, 0.6) is 0 Å². The highest BCUT2D eigenvalue weighted by Gasteiger charge is 2.25. The number of carbonyl (C=O) groups is 2. The standard InChI is InChI=1S/C22H27FN2O2S/c1-4-24-22(27)17(3)25(13-18-9-11-20(23)12-10-18)21(26)15-28-14-19-8-6-5-7-16(19)2/h5-12,17H,4,13-15H2,1-3H3,(H,24,27). The number of carbonyl (C=O) groups excluding carboxylic acids is 2. The van der Waals surface area contributed by atoms with Crippen molar-refractivity contribution in [1.29, 1.82) is 0 Å². The van der Waals surface area contributed by atoms with Crippen LogP contribution >= 0.6 is 11.8 Å². The zero-order chi connectivity index (χ0) is 20.5. The fourth-order valence-electron chi connectivity index (χ4n) is 2.79. The molecule has 0 aliphatic heterocycles. The van der Waals surface area contributed by atoms with E-state index >= 15 is 0 Å². The zero-order valence-corrected chi connectivity index (χ0v) is 17.4. The summed E-state index contributed by atoms with van der Waals surface area (Å²) in [6, 6.07) is 13.5. The molecule has 1 atom stereocenters. The largest absolute Gasteiger partial charge is 0.355 e. The number of amides is 2. The third-order valence-electron chi connectivity index (χ3n) is 4.53. The third-order valence-corrected chi connectivity index (χ3v) is 5.50. The van der Waals surface area contributed by atoms with Crippen LogP contribution in [0.1, 0.15) is 30.5 Å². The van der Waals surface area contributed by atoms with Crippen molar-refractivity contribution >= 4 is 23.6 Å². The molecule has 0 aromatic heterocycles. The Labute approximate surface area is 170 Å². The summed E-state index contributed by atoms with van der Waals surface area (Å²) in [5.74, 6) is 0.383. The van der Waals surface area contributed by atoms with E-state index in [1.165, 1.54) is 35.0 Å². The van der Waals surface area contributed by atoms with E-state index < -0.39 is 6.04 Å². The normalized spacial score (nSPS) is 11.7. The van der Waals surface area contributed by atoms with Gasteiger partial charge >= 0.3 is 0 Å². The van der Waals surface area contributed by atoms with E-state index in [2.05, 4.69) is 24.4 Å². The fourth-order valence-corrected chi connectivity index (χ4v) is 3.78. The minimum absolute atomic E-state index is 0.110. The molecule has 2 aromatic rings. The minimum Gasteiger partial charge on any atom is -0.355 e. The highest BCUT2D eigenvalue weighted by Crippen LogP contribution is 2.18. The second kappa shape index (κ2) is 10.9. The van der Waals surface area contributed by atoms with Crippen LogP contribution in [0.2, 0.25) is 0 Å². The molecule has 28 heavy (non-hydrogen) atoms. The number of benzene rings is 2. The minimum atomic E-state index is -0.600. The summed E-state index contributed by atoms with van der Waals surface area (Å²) < 4.78 is 13.2. The predicted molar refractivity (Wildman–Crippen MR) is 112 cm³/mol. The fraction of sp³-hybridized carbons (Fsp3) is 0.364. The smallest absolute Gasteiger partial charge is 0.242 e. The Morgan fingerprint density at radius 3 is 2.46 bits per heavy atom. The molecule has 0 fully saturated rings. The van der Waals surface area contributed by atoms with Gasteiger partial charge in [-0.3, -0.25) is 9.59 Å². The van der Waals surface area contributed by atoms with Crippen LogP contribution in [-0.4, -0.2) is 35.1 Å². The molecule has 0 aliphatic rings. The average molecular weight is 403 g/mol. The molecule has 0 saturated carbocycles. The number of hydrogen-bond acceptors (Lipinski definition) is 3. The van der Waals surface area contributed by atoms with Gasteiger partial charge in [-0.15, -0.1) is 11.8 Å². The monoisotopic (exact) mass is 402 g/mol. The molecule has 2 aromatic carbocycles. The molecule has 2 rings (SSSR count). The second-order valence-electron chi connectivity index (χ2n) is 6.64. The first-order valence-corrected chi connectivity index (χ1v) is 10.5. The Hall–Kier alpha value is -2.34. The Kier molecular flexibility index (Phi) is 8.51. The van der Waals surface area contributed by atoms with Crippen molar-refractivity contribution in [2.45, 2.75) is 39.1 Å². The van der Waals surface area contributed by atoms with Crippen molar-refractivity contribution < 1.29 is 14.0 Å². The van der Waals surface area contributed by atoms with Gasteiger partial charge in [-0.2, -0.15) is 0 Å². The molecule has 0 radical (unpaired) electrons. The molecule has 1 N–H and O–H groups in total. The number of likely N-dealkylation sites (N-methyl/N-ethyl adjacent to an activating group) is 1. The van der Waals surface area contributed by atoms with Gasteiger partial charge in [0.2, 0.25) is 11.8 Å². The predicted octanol–water partition coefficient (Wildman–Crippen LogP) is 3.92. The Balaban J connectivity index is 2.05. The molecule has 0 spiro atoms. The van der Waals surface area contributed by atoms with Crippen LogP contribution < -0.4 is 5.32 Å². The van der Waals surface area contributed by atoms with Crippen molar-refractivity contribution in [2.75, 3.05) is 12.3 Å². The first-order valence-electron chi connectivity index (χ1n) is 9.36. The van der Waals surface area contributed by atoms with Gasteiger partial charge in [0.05, 0.1) is 5.75 Å². The van der Waals surface area contributed by atoms with Crippen LogP contribution in [0.4, 0.5) is 4.39 Å². The number of hydrogen-bond donors (Lipinski definition) is 1. The zero-order valence-electron chi connectivity index (χ0n) is 16.6. The summed E-state index contributed by atoms with van der Waals surface area (Å²) in [6.07, 6.45) is 0. The molecule has 150 valence electrons. The number of aryl methyl sites for hydroxylation is 1. The summed E-state index contributed by atoms with van der Waals surface area (Å²) in [5, 5.41) is 2.77. The van der Waals surface area contributed by atoms with Crippen molar-refractivity contribution in [1.82, 2.24) is 10.2 Å². The van der Waals surface area contributed by atoms with Crippen molar-refractivity contribution in [3.8, 4) is 0 Å². The van der Waals surface area contributed by atoms with Crippen molar-refractivity contribution in [2.24, 2.45) is 0 Å². The number of thioether (sulfide) groups is 1. The van der Waals surface area contributed by atoms with Gasteiger partial charge in [-0.25, -0.2) is 4.39 Å².